The molecule has 1 fully saturated rings. The van der Waals surface area contributed by atoms with Gasteiger partial charge in [-0.25, -0.2) is 4.79 Å². The summed E-state index contributed by atoms with van der Waals surface area (Å²) in [6.45, 7) is 7.84. The Morgan fingerprint density at radius 3 is 1.48 bits per heavy atom. The number of aliphatic hydroxyl groups is 5. The first-order valence-electron chi connectivity index (χ1n) is 29.2. The van der Waals surface area contributed by atoms with E-state index < -0.39 is 43.4 Å². The van der Waals surface area contributed by atoms with Crippen molar-refractivity contribution in [1.29, 1.82) is 0 Å². The maximum atomic E-state index is 12.1. The van der Waals surface area contributed by atoms with Crippen molar-refractivity contribution in [3.8, 4) is 0 Å². The second-order valence-corrected chi connectivity index (χ2v) is 20.2. The largest absolute Gasteiger partial charge is 0.449 e. The molecule has 7 N–H and O–H groups in total. The minimum atomic E-state index is -1.49. The van der Waals surface area contributed by atoms with Crippen LogP contribution in [0.4, 0.5) is 4.79 Å². The summed E-state index contributed by atoms with van der Waals surface area (Å²) < 4.78 is 32.5. The Labute approximate surface area is 432 Å². The van der Waals surface area contributed by atoms with Gasteiger partial charge in [-0.15, -0.1) is 0 Å². The van der Waals surface area contributed by atoms with Gasteiger partial charge in [0.05, 0.1) is 46.2 Å². The Kier molecular flexibility index (Phi) is 47.9. The van der Waals surface area contributed by atoms with Crippen molar-refractivity contribution in [1.82, 2.24) is 10.6 Å². The van der Waals surface area contributed by atoms with Crippen LogP contribution in [0, 0.1) is 11.8 Å². The molecule has 71 heavy (non-hydrogen) atoms. The molecule has 5 unspecified atom stereocenters. The van der Waals surface area contributed by atoms with Gasteiger partial charge in [0.25, 0.3) is 0 Å². The zero-order valence-electron chi connectivity index (χ0n) is 45.4. The number of aliphatic hydroxyl groups excluding tert-OH is 5. The van der Waals surface area contributed by atoms with E-state index in [1.807, 2.05) is 0 Å². The molecule has 1 aliphatic heterocycles. The highest BCUT2D eigenvalue weighted by atomic mass is 16.7. The molecule has 0 aromatic heterocycles. The highest BCUT2D eigenvalue weighted by molar-refractivity contribution is 5.75. The van der Waals surface area contributed by atoms with Crippen molar-refractivity contribution < 1.29 is 63.5 Å². The summed E-state index contributed by atoms with van der Waals surface area (Å²) in [6, 6.07) is 0. The second-order valence-electron chi connectivity index (χ2n) is 20.2. The van der Waals surface area contributed by atoms with Crippen LogP contribution in [0.15, 0.2) is 0 Å². The summed E-state index contributed by atoms with van der Waals surface area (Å²) in [4.78, 5) is 24.1. The Morgan fingerprint density at radius 2 is 0.930 bits per heavy atom. The standard InChI is InChI=1S/C56H110N2O13/c1-3-5-7-9-18-24-32-49(48(31-23-8-6-4-2)33-25-19-14-11-10-12-16-21-27-38-59)34-26-20-15-13-17-22-28-39-66-40-30-41-70-56(65)58-36-29-35-51(61)57-37-42-67-43-44-68-45-46-69-55-54(64)53(63)52(62)50(47-60)71-55/h48-50,52-55,59-60,62-64H,3-47H2,1-2H3,(H,57,61)(H,58,65)/t48?,49?,50?,52-,53?,54?,55+/m1/s1. The lowest BCUT2D eigenvalue weighted by Crippen LogP contribution is -2.59. The van der Waals surface area contributed by atoms with E-state index in [0.717, 1.165) is 31.3 Å². The third-order valence-corrected chi connectivity index (χ3v) is 13.9. The van der Waals surface area contributed by atoms with Gasteiger partial charge in [0.15, 0.2) is 6.29 Å². The number of amides is 2. The van der Waals surface area contributed by atoms with E-state index in [4.69, 9.17) is 33.5 Å². The molecule has 0 aromatic rings. The van der Waals surface area contributed by atoms with E-state index in [0.29, 0.717) is 59.0 Å². The Morgan fingerprint density at radius 1 is 0.465 bits per heavy atom. The molecular formula is C56H110N2O13. The van der Waals surface area contributed by atoms with Crippen LogP contribution in [0.25, 0.3) is 0 Å². The average Bonchev–Trinajstić information content (AvgIpc) is 3.37. The zero-order chi connectivity index (χ0) is 51.7. The molecule has 0 aromatic carbocycles. The van der Waals surface area contributed by atoms with E-state index in [2.05, 4.69) is 24.5 Å². The van der Waals surface area contributed by atoms with E-state index in [1.165, 1.54) is 180 Å². The third kappa shape index (κ3) is 39.4. The minimum absolute atomic E-state index is 0.0531. The zero-order valence-corrected chi connectivity index (χ0v) is 45.4. The molecule has 15 nitrogen and oxygen atoms in total. The number of carbonyl (C=O) groups is 2. The van der Waals surface area contributed by atoms with Crippen molar-refractivity contribution in [2.24, 2.45) is 11.8 Å². The molecule has 15 heteroatoms. The summed E-state index contributed by atoms with van der Waals surface area (Å²) in [6.07, 6.45) is 34.7. The van der Waals surface area contributed by atoms with Crippen LogP contribution in [0.2, 0.25) is 0 Å². The lowest BCUT2D eigenvalue weighted by atomic mass is 9.78. The first-order chi connectivity index (χ1) is 34.8. The van der Waals surface area contributed by atoms with Gasteiger partial charge in [-0.05, 0) is 31.1 Å². The van der Waals surface area contributed by atoms with Crippen molar-refractivity contribution in [2.45, 2.75) is 256 Å². The first-order valence-corrected chi connectivity index (χ1v) is 29.2. The Hall–Kier alpha value is -1.66. The number of alkyl carbamates (subject to hydrolysis) is 1. The monoisotopic (exact) mass is 1020 g/mol. The van der Waals surface area contributed by atoms with Crippen LogP contribution >= 0.6 is 0 Å². The van der Waals surface area contributed by atoms with Crippen molar-refractivity contribution in [3.05, 3.63) is 0 Å². The van der Waals surface area contributed by atoms with Crippen LogP contribution in [-0.4, -0.2) is 147 Å². The molecular weight excluding hydrogens is 909 g/mol. The third-order valence-electron chi connectivity index (χ3n) is 13.9. The lowest BCUT2D eigenvalue weighted by Gasteiger charge is -2.39. The van der Waals surface area contributed by atoms with Crippen LogP contribution in [0.1, 0.15) is 226 Å². The first kappa shape index (κ1) is 67.4. The number of ether oxygens (including phenoxy) is 6. The molecule has 2 amide bonds. The number of rotatable bonds is 53. The van der Waals surface area contributed by atoms with Gasteiger partial charge in [0.2, 0.25) is 5.91 Å². The van der Waals surface area contributed by atoms with Gasteiger partial charge in [-0.3, -0.25) is 4.79 Å². The molecule has 1 heterocycles. The van der Waals surface area contributed by atoms with Gasteiger partial charge in [-0.1, -0.05) is 194 Å². The highest BCUT2D eigenvalue weighted by Gasteiger charge is 2.44. The van der Waals surface area contributed by atoms with Gasteiger partial charge in [0, 0.05) is 45.8 Å². The summed E-state index contributed by atoms with van der Waals surface area (Å²) in [7, 11) is 0. The average molecular weight is 1020 g/mol. The van der Waals surface area contributed by atoms with E-state index >= 15 is 0 Å². The molecule has 422 valence electrons. The van der Waals surface area contributed by atoms with Crippen LogP contribution in [-0.2, 0) is 33.2 Å². The summed E-state index contributed by atoms with van der Waals surface area (Å²) in [5, 5.41) is 53.3. The number of unbranched alkanes of at least 4 members (excludes halogenated alkanes) is 22. The fraction of sp³-hybridized carbons (Fsp3) is 0.964. The number of nitrogens with one attached hydrogen (secondary N) is 2. The highest BCUT2D eigenvalue weighted by Crippen LogP contribution is 2.34. The topological polar surface area (TPSA) is 215 Å². The van der Waals surface area contributed by atoms with E-state index in [9.17, 15) is 30.0 Å². The van der Waals surface area contributed by atoms with E-state index in [-0.39, 0.29) is 32.1 Å². The summed E-state index contributed by atoms with van der Waals surface area (Å²) >= 11 is 0. The quantitative estimate of drug-likeness (QED) is 0.0283. The fourth-order valence-corrected chi connectivity index (χ4v) is 9.52. The SMILES string of the molecule is CCCCCCCCC(CCCCCCCCCOCCCOC(=O)NCCCC(=O)NCCOCCOCCO[C@H]1OC(CO)[C@@H](O)C(O)C1O)C(CCCCCC)CCCCCCCCCCCO. The Balaban J connectivity index is 2.07. The maximum absolute atomic E-state index is 12.1. The van der Waals surface area contributed by atoms with Crippen LogP contribution in [0.3, 0.4) is 0 Å². The molecule has 7 atom stereocenters. The molecule has 1 rings (SSSR count). The predicted octanol–water partition coefficient (Wildman–Crippen LogP) is 9.83. The Bertz CT molecular complexity index is 1160. The van der Waals surface area contributed by atoms with Crippen molar-refractivity contribution in [3.63, 3.8) is 0 Å². The lowest BCUT2D eigenvalue weighted by molar-refractivity contribution is -0.302. The summed E-state index contributed by atoms with van der Waals surface area (Å²) in [5.74, 6) is 1.70. The normalized spacial score (nSPS) is 18.9. The van der Waals surface area contributed by atoms with Gasteiger partial charge in [0.1, 0.15) is 24.4 Å². The molecule has 1 saturated heterocycles. The predicted molar refractivity (Wildman–Crippen MR) is 282 cm³/mol. The second kappa shape index (κ2) is 50.5. The van der Waals surface area contributed by atoms with Crippen LogP contribution < -0.4 is 10.6 Å². The van der Waals surface area contributed by atoms with Crippen molar-refractivity contribution >= 4 is 12.0 Å². The maximum Gasteiger partial charge on any atom is 0.407 e. The molecule has 1 aliphatic rings. The van der Waals surface area contributed by atoms with Crippen LogP contribution in [0.5, 0.6) is 0 Å². The summed E-state index contributed by atoms with van der Waals surface area (Å²) in [5.41, 5.74) is 0. The molecule has 0 saturated carbocycles. The molecule has 0 bridgehead atoms. The molecule has 0 spiro atoms. The smallest absolute Gasteiger partial charge is 0.407 e. The van der Waals surface area contributed by atoms with E-state index in [1.54, 1.807) is 0 Å². The number of hydrogen-bond acceptors (Lipinski definition) is 13. The van der Waals surface area contributed by atoms with Crippen molar-refractivity contribution in [2.75, 3.05) is 79.2 Å². The number of carbonyl (C=O) groups excluding carboxylic acids is 2. The van der Waals surface area contributed by atoms with Gasteiger partial charge in [-0.2, -0.15) is 0 Å². The molecule has 0 aliphatic carbocycles. The minimum Gasteiger partial charge on any atom is -0.449 e. The van der Waals surface area contributed by atoms with Gasteiger partial charge >= 0.3 is 6.09 Å². The molecule has 0 radical (unpaired) electrons. The fourth-order valence-electron chi connectivity index (χ4n) is 9.52. The van der Waals surface area contributed by atoms with Gasteiger partial charge < -0.3 is 64.6 Å². The number of hydrogen-bond donors (Lipinski definition) is 7.